The molecule has 0 aliphatic carbocycles. The van der Waals surface area contributed by atoms with E-state index in [0.717, 1.165) is 23.3 Å². The Balaban J connectivity index is 2.09. The number of aliphatic hydroxyl groups is 1. The van der Waals surface area contributed by atoms with Crippen LogP contribution in [-0.2, 0) is 7.05 Å². The van der Waals surface area contributed by atoms with Gasteiger partial charge in [0, 0.05) is 18.6 Å². The predicted octanol–water partition coefficient (Wildman–Crippen LogP) is 3.28. The molecule has 21 heavy (non-hydrogen) atoms. The van der Waals surface area contributed by atoms with Crippen LogP contribution in [0.4, 0.5) is 0 Å². The highest BCUT2D eigenvalue weighted by molar-refractivity contribution is 6.31. The van der Waals surface area contributed by atoms with Crippen molar-refractivity contribution in [1.29, 1.82) is 0 Å². The van der Waals surface area contributed by atoms with Crippen LogP contribution < -0.4 is 5.32 Å². The number of halogens is 1. The van der Waals surface area contributed by atoms with Crippen LogP contribution in [0.5, 0.6) is 0 Å². The Kier molecular flexibility index (Phi) is 5.25. The minimum Gasteiger partial charge on any atom is -0.392 e. The van der Waals surface area contributed by atoms with E-state index in [4.69, 9.17) is 11.6 Å². The lowest BCUT2D eigenvalue weighted by atomic mass is 10.1. The fourth-order valence-electron chi connectivity index (χ4n) is 2.61. The molecule has 0 radical (unpaired) electrons. The summed E-state index contributed by atoms with van der Waals surface area (Å²) >= 11 is 6.01. The molecule has 0 saturated heterocycles. The standard InChI is InChI=1S/C16H24ClN3O/c1-10(2)7-13(21)9-18-11(3)16-19-14-8-12(17)5-6-15(14)20(16)4/h5-6,8,10-11,13,18,21H,7,9H2,1-4H3. The number of benzene rings is 1. The average molecular weight is 310 g/mol. The van der Waals surface area contributed by atoms with Crippen molar-refractivity contribution in [2.45, 2.75) is 39.3 Å². The average Bonchev–Trinajstić information content (AvgIpc) is 2.72. The molecule has 0 saturated carbocycles. The van der Waals surface area contributed by atoms with Gasteiger partial charge in [0.1, 0.15) is 5.82 Å². The first-order chi connectivity index (χ1) is 9.88. The van der Waals surface area contributed by atoms with E-state index in [1.165, 1.54) is 0 Å². The maximum Gasteiger partial charge on any atom is 0.126 e. The van der Waals surface area contributed by atoms with E-state index >= 15 is 0 Å². The van der Waals surface area contributed by atoms with Crippen LogP contribution in [0, 0.1) is 5.92 Å². The molecule has 2 N–H and O–H groups in total. The van der Waals surface area contributed by atoms with Gasteiger partial charge in [0.05, 0.1) is 23.2 Å². The fraction of sp³-hybridized carbons (Fsp3) is 0.562. The largest absolute Gasteiger partial charge is 0.392 e. The van der Waals surface area contributed by atoms with E-state index in [1.54, 1.807) is 0 Å². The zero-order chi connectivity index (χ0) is 15.6. The molecule has 4 nitrogen and oxygen atoms in total. The summed E-state index contributed by atoms with van der Waals surface area (Å²) in [4.78, 5) is 4.65. The third-order valence-corrected chi connectivity index (χ3v) is 3.90. The van der Waals surface area contributed by atoms with Crippen LogP contribution in [0.2, 0.25) is 5.02 Å². The Morgan fingerprint density at radius 2 is 2.05 bits per heavy atom. The molecular formula is C16H24ClN3O. The molecule has 2 atom stereocenters. The van der Waals surface area contributed by atoms with Gasteiger partial charge in [-0.15, -0.1) is 0 Å². The highest BCUT2D eigenvalue weighted by atomic mass is 35.5. The Morgan fingerprint density at radius 3 is 2.71 bits per heavy atom. The highest BCUT2D eigenvalue weighted by Gasteiger charge is 2.16. The monoisotopic (exact) mass is 309 g/mol. The van der Waals surface area contributed by atoms with Gasteiger partial charge in [-0.2, -0.15) is 0 Å². The molecule has 2 rings (SSSR count). The summed E-state index contributed by atoms with van der Waals surface area (Å²) in [7, 11) is 2.00. The number of aromatic nitrogens is 2. The minimum absolute atomic E-state index is 0.0722. The maximum absolute atomic E-state index is 9.95. The minimum atomic E-state index is -0.323. The number of aryl methyl sites for hydroxylation is 1. The van der Waals surface area contributed by atoms with Crippen molar-refractivity contribution in [2.75, 3.05) is 6.54 Å². The third kappa shape index (κ3) is 3.96. The molecule has 0 bridgehead atoms. The Hall–Kier alpha value is -1.10. The molecule has 1 aromatic heterocycles. The first-order valence-electron chi connectivity index (χ1n) is 7.41. The van der Waals surface area contributed by atoms with Crippen LogP contribution in [0.1, 0.15) is 39.1 Å². The normalized spacial score (nSPS) is 14.8. The number of imidazole rings is 1. The SMILES string of the molecule is CC(C)CC(O)CNC(C)c1nc2cc(Cl)ccc2n1C. The summed E-state index contributed by atoms with van der Waals surface area (Å²) in [5.74, 6) is 1.44. The van der Waals surface area contributed by atoms with Crippen molar-refractivity contribution < 1.29 is 5.11 Å². The Morgan fingerprint density at radius 1 is 1.33 bits per heavy atom. The third-order valence-electron chi connectivity index (χ3n) is 3.67. The summed E-state index contributed by atoms with van der Waals surface area (Å²) in [5.41, 5.74) is 1.96. The van der Waals surface area contributed by atoms with Gasteiger partial charge in [-0.25, -0.2) is 4.98 Å². The van der Waals surface area contributed by atoms with E-state index in [9.17, 15) is 5.11 Å². The molecule has 0 aliphatic heterocycles. The first kappa shape index (κ1) is 16.3. The van der Waals surface area contributed by atoms with Crippen LogP contribution in [0.25, 0.3) is 11.0 Å². The molecule has 0 spiro atoms. The van der Waals surface area contributed by atoms with Gasteiger partial charge in [0.2, 0.25) is 0 Å². The summed E-state index contributed by atoms with van der Waals surface area (Å²) in [6.07, 6.45) is 0.481. The summed E-state index contributed by atoms with van der Waals surface area (Å²) in [6, 6.07) is 5.80. The smallest absolute Gasteiger partial charge is 0.126 e. The second-order valence-electron chi connectivity index (χ2n) is 6.08. The van der Waals surface area contributed by atoms with E-state index in [1.807, 2.05) is 25.2 Å². The van der Waals surface area contributed by atoms with Crippen LogP contribution in [-0.4, -0.2) is 27.3 Å². The number of aliphatic hydroxyl groups excluding tert-OH is 1. The van der Waals surface area contributed by atoms with Gasteiger partial charge in [0.15, 0.2) is 0 Å². The van der Waals surface area contributed by atoms with Crippen molar-refractivity contribution in [1.82, 2.24) is 14.9 Å². The van der Waals surface area contributed by atoms with Crippen molar-refractivity contribution in [3.8, 4) is 0 Å². The van der Waals surface area contributed by atoms with Gasteiger partial charge < -0.3 is 15.0 Å². The lowest BCUT2D eigenvalue weighted by molar-refractivity contribution is 0.142. The van der Waals surface area contributed by atoms with E-state index in [0.29, 0.717) is 17.5 Å². The molecule has 1 aromatic carbocycles. The van der Waals surface area contributed by atoms with Crippen molar-refractivity contribution in [3.63, 3.8) is 0 Å². The summed E-state index contributed by atoms with van der Waals surface area (Å²) in [5, 5.41) is 14.0. The van der Waals surface area contributed by atoms with Crippen LogP contribution >= 0.6 is 11.6 Å². The van der Waals surface area contributed by atoms with Gasteiger partial charge in [-0.05, 0) is 37.5 Å². The van der Waals surface area contributed by atoms with Crippen LogP contribution in [0.15, 0.2) is 18.2 Å². The molecule has 116 valence electrons. The molecule has 0 aliphatic rings. The molecular weight excluding hydrogens is 286 g/mol. The number of hydrogen-bond donors (Lipinski definition) is 2. The summed E-state index contributed by atoms with van der Waals surface area (Å²) in [6.45, 7) is 6.86. The van der Waals surface area contributed by atoms with E-state index < -0.39 is 0 Å². The number of nitrogens with one attached hydrogen (secondary N) is 1. The quantitative estimate of drug-likeness (QED) is 0.861. The lowest BCUT2D eigenvalue weighted by Gasteiger charge is -2.18. The molecule has 0 fully saturated rings. The zero-order valence-electron chi connectivity index (χ0n) is 13.1. The highest BCUT2D eigenvalue weighted by Crippen LogP contribution is 2.22. The van der Waals surface area contributed by atoms with Crippen molar-refractivity contribution >= 4 is 22.6 Å². The zero-order valence-corrected chi connectivity index (χ0v) is 13.9. The molecule has 0 amide bonds. The van der Waals surface area contributed by atoms with Gasteiger partial charge >= 0.3 is 0 Å². The van der Waals surface area contributed by atoms with Gasteiger partial charge in [0.25, 0.3) is 0 Å². The Bertz CT molecular complexity index is 609. The fourth-order valence-corrected chi connectivity index (χ4v) is 2.78. The number of nitrogens with zero attached hydrogens (tertiary/aromatic N) is 2. The van der Waals surface area contributed by atoms with E-state index in [-0.39, 0.29) is 12.1 Å². The number of hydrogen-bond acceptors (Lipinski definition) is 3. The predicted molar refractivity (Wildman–Crippen MR) is 87.6 cm³/mol. The molecule has 5 heteroatoms. The van der Waals surface area contributed by atoms with Gasteiger partial charge in [-0.1, -0.05) is 25.4 Å². The van der Waals surface area contributed by atoms with E-state index in [2.05, 4.69) is 35.6 Å². The molecule has 2 aromatic rings. The van der Waals surface area contributed by atoms with Crippen molar-refractivity contribution in [2.24, 2.45) is 13.0 Å². The van der Waals surface area contributed by atoms with Crippen LogP contribution in [0.3, 0.4) is 0 Å². The van der Waals surface area contributed by atoms with Gasteiger partial charge in [-0.3, -0.25) is 0 Å². The lowest BCUT2D eigenvalue weighted by Crippen LogP contribution is -2.31. The Labute approximate surface area is 131 Å². The second kappa shape index (κ2) is 6.77. The summed E-state index contributed by atoms with van der Waals surface area (Å²) < 4.78 is 2.07. The molecule has 1 heterocycles. The maximum atomic E-state index is 9.95. The number of fused-ring (bicyclic) bond motifs is 1. The van der Waals surface area contributed by atoms with Crippen molar-refractivity contribution in [3.05, 3.63) is 29.0 Å². The number of rotatable bonds is 6. The molecule has 2 unspecified atom stereocenters. The second-order valence-corrected chi connectivity index (χ2v) is 6.51. The first-order valence-corrected chi connectivity index (χ1v) is 7.79. The topological polar surface area (TPSA) is 50.1 Å².